The first-order valence-corrected chi connectivity index (χ1v) is 9.30. The molecule has 1 heterocycles. The van der Waals surface area contributed by atoms with Gasteiger partial charge in [-0.1, -0.05) is 35.9 Å². The fourth-order valence-electron chi connectivity index (χ4n) is 3.48. The fraction of sp³-hybridized carbons (Fsp3) is 0.381. The van der Waals surface area contributed by atoms with Gasteiger partial charge in [-0.15, -0.1) is 0 Å². The third-order valence-corrected chi connectivity index (χ3v) is 5.08. The van der Waals surface area contributed by atoms with Crippen molar-refractivity contribution in [1.29, 1.82) is 0 Å². The average molecular weight is 367 g/mol. The molecule has 6 nitrogen and oxygen atoms in total. The molecular weight excluding hydrogens is 342 g/mol. The van der Waals surface area contributed by atoms with Crippen molar-refractivity contribution in [2.45, 2.75) is 44.7 Å². The van der Waals surface area contributed by atoms with Crippen LogP contribution in [0.25, 0.3) is 0 Å². The molecular formula is C21H25N3O3. The first-order chi connectivity index (χ1) is 13.0. The summed E-state index contributed by atoms with van der Waals surface area (Å²) >= 11 is 0. The molecule has 1 aromatic heterocycles. The van der Waals surface area contributed by atoms with Crippen LogP contribution in [0.15, 0.2) is 48.7 Å². The number of pyridine rings is 1. The molecule has 1 saturated carbocycles. The van der Waals surface area contributed by atoms with E-state index in [1.807, 2.05) is 49.4 Å². The molecule has 27 heavy (non-hydrogen) atoms. The predicted molar refractivity (Wildman–Crippen MR) is 102 cm³/mol. The summed E-state index contributed by atoms with van der Waals surface area (Å²) in [4.78, 5) is 28.0. The summed E-state index contributed by atoms with van der Waals surface area (Å²) in [5.74, 6) is -1.03. The maximum absolute atomic E-state index is 12.6. The zero-order valence-electron chi connectivity index (χ0n) is 15.4. The van der Waals surface area contributed by atoms with Gasteiger partial charge in [-0.25, -0.2) is 4.79 Å². The highest BCUT2D eigenvalue weighted by Crippen LogP contribution is 2.25. The third kappa shape index (κ3) is 5.06. The third-order valence-electron chi connectivity index (χ3n) is 5.08. The van der Waals surface area contributed by atoms with Gasteiger partial charge >= 0.3 is 12.0 Å². The number of rotatable bonds is 5. The zero-order chi connectivity index (χ0) is 19.2. The van der Waals surface area contributed by atoms with Crippen LogP contribution in [0.4, 0.5) is 4.79 Å². The van der Waals surface area contributed by atoms with Crippen LogP contribution in [-0.2, 0) is 4.79 Å². The second-order valence-electron chi connectivity index (χ2n) is 7.10. The SMILES string of the molecule is Cc1ccc(C(NC(=O)NC2CCC(C(=O)O)CC2)c2ccccn2)cc1. The number of carbonyl (C=O) groups excluding carboxylic acids is 1. The van der Waals surface area contributed by atoms with Crippen molar-refractivity contribution in [1.82, 2.24) is 15.6 Å². The molecule has 142 valence electrons. The number of amides is 2. The Morgan fingerprint density at radius 2 is 1.78 bits per heavy atom. The van der Waals surface area contributed by atoms with Crippen molar-refractivity contribution in [3.8, 4) is 0 Å². The lowest BCUT2D eigenvalue weighted by Crippen LogP contribution is -2.45. The first-order valence-electron chi connectivity index (χ1n) is 9.30. The lowest BCUT2D eigenvalue weighted by atomic mass is 9.86. The van der Waals surface area contributed by atoms with Gasteiger partial charge in [0.25, 0.3) is 0 Å². The van der Waals surface area contributed by atoms with Crippen LogP contribution in [0, 0.1) is 12.8 Å². The molecule has 3 N–H and O–H groups in total. The Labute approximate surface area is 159 Å². The Hall–Kier alpha value is -2.89. The maximum Gasteiger partial charge on any atom is 0.315 e. The van der Waals surface area contributed by atoms with E-state index in [1.54, 1.807) is 6.20 Å². The molecule has 2 aromatic rings. The van der Waals surface area contributed by atoms with Gasteiger partial charge in [-0.05, 0) is 50.3 Å². The number of aliphatic carboxylic acids is 1. The predicted octanol–water partition coefficient (Wildman–Crippen LogP) is 3.42. The molecule has 0 bridgehead atoms. The summed E-state index contributed by atoms with van der Waals surface area (Å²) in [5.41, 5.74) is 2.88. The smallest absolute Gasteiger partial charge is 0.315 e. The summed E-state index contributed by atoms with van der Waals surface area (Å²) < 4.78 is 0. The number of hydrogen-bond donors (Lipinski definition) is 3. The number of carbonyl (C=O) groups is 2. The van der Waals surface area contributed by atoms with Gasteiger partial charge in [0.2, 0.25) is 0 Å². The molecule has 0 aliphatic heterocycles. The van der Waals surface area contributed by atoms with E-state index in [2.05, 4.69) is 15.6 Å². The van der Waals surface area contributed by atoms with Gasteiger partial charge in [0, 0.05) is 12.2 Å². The fourth-order valence-corrected chi connectivity index (χ4v) is 3.48. The van der Waals surface area contributed by atoms with Crippen molar-refractivity contribution in [3.05, 3.63) is 65.5 Å². The molecule has 1 aliphatic rings. The van der Waals surface area contributed by atoms with Gasteiger partial charge in [0.1, 0.15) is 0 Å². The molecule has 1 atom stereocenters. The molecule has 6 heteroatoms. The standard InChI is InChI=1S/C21H25N3O3/c1-14-5-7-15(8-6-14)19(18-4-2-3-13-22-18)24-21(27)23-17-11-9-16(10-12-17)20(25)26/h2-8,13,16-17,19H,9-12H2,1H3,(H,25,26)(H2,23,24,27). The summed E-state index contributed by atoms with van der Waals surface area (Å²) in [7, 11) is 0. The van der Waals surface area contributed by atoms with Crippen molar-refractivity contribution < 1.29 is 14.7 Å². The molecule has 0 spiro atoms. The molecule has 0 saturated heterocycles. The molecule has 1 aromatic carbocycles. The number of carboxylic acid groups (broad SMARTS) is 1. The van der Waals surface area contributed by atoms with Gasteiger partial charge < -0.3 is 15.7 Å². The topological polar surface area (TPSA) is 91.3 Å². The largest absolute Gasteiger partial charge is 0.481 e. The second kappa shape index (κ2) is 8.66. The monoisotopic (exact) mass is 367 g/mol. The van der Waals surface area contributed by atoms with Crippen LogP contribution < -0.4 is 10.6 Å². The van der Waals surface area contributed by atoms with E-state index in [-0.39, 0.29) is 24.0 Å². The zero-order valence-corrected chi connectivity index (χ0v) is 15.4. The highest BCUT2D eigenvalue weighted by Gasteiger charge is 2.27. The van der Waals surface area contributed by atoms with E-state index < -0.39 is 5.97 Å². The van der Waals surface area contributed by atoms with Gasteiger partial charge in [-0.3, -0.25) is 9.78 Å². The maximum atomic E-state index is 12.6. The quantitative estimate of drug-likeness (QED) is 0.755. The Bertz CT molecular complexity index is 769. The number of nitrogens with zero attached hydrogens (tertiary/aromatic N) is 1. The highest BCUT2D eigenvalue weighted by molar-refractivity contribution is 5.75. The van der Waals surface area contributed by atoms with E-state index in [9.17, 15) is 9.59 Å². The van der Waals surface area contributed by atoms with Gasteiger partial charge in [0.15, 0.2) is 0 Å². The van der Waals surface area contributed by atoms with Crippen molar-refractivity contribution in [3.63, 3.8) is 0 Å². The highest BCUT2D eigenvalue weighted by atomic mass is 16.4. The minimum absolute atomic E-state index is 0.00278. The summed E-state index contributed by atoms with van der Waals surface area (Å²) in [6.07, 6.45) is 4.28. The number of hydrogen-bond acceptors (Lipinski definition) is 3. The lowest BCUT2D eigenvalue weighted by molar-refractivity contribution is -0.142. The Balaban J connectivity index is 1.66. The number of nitrogens with one attached hydrogen (secondary N) is 2. The van der Waals surface area contributed by atoms with Crippen molar-refractivity contribution >= 4 is 12.0 Å². The summed E-state index contributed by atoms with van der Waals surface area (Å²) in [5, 5.41) is 15.1. The van der Waals surface area contributed by atoms with Crippen molar-refractivity contribution in [2.75, 3.05) is 0 Å². The van der Waals surface area contributed by atoms with Crippen LogP contribution in [-0.4, -0.2) is 28.1 Å². The van der Waals surface area contributed by atoms with Crippen LogP contribution in [0.1, 0.15) is 48.5 Å². The van der Waals surface area contributed by atoms with Gasteiger partial charge in [-0.2, -0.15) is 0 Å². The second-order valence-corrected chi connectivity index (χ2v) is 7.10. The lowest BCUT2D eigenvalue weighted by Gasteiger charge is -2.28. The molecule has 1 unspecified atom stereocenters. The van der Waals surface area contributed by atoms with Crippen LogP contribution >= 0.6 is 0 Å². The van der Waals surface area contributed by atoms with Crippen LogP contribution in [0.5, 0.6) is 0 Å². The molecule has 3 rings (SSSR count). The molecule has 1 aliphatic carbocycles. The Morgan fingerprint density at radius 3 is 2.37 bits per heavy atom. The van der Waals surface area contributed by atoms with E-state index in [0.717, 1.165) is 16.8 Å². The average Bonchev–Trinajstić information content (AvgIpc) is 2.68. The van der Waals surface area contributed by atoms with E-state index >= 15 is 0 Å². The van der Waals surface area contributed by atoms with Crippen LogP contribution in [0.3, 0.4) is 0 Å². The number of aromatic nitrogens is 1. The van der Waals surface area contributed by atoms with Crippen LogP contribution in [0.2, 0.25) is 0 Å². The van der Waals surface area contributed by atoms with Crippen molar-refractivity contribution in [2.24, 2.45) is 5.92 Å². The Kier molecular flexibility index (Phi) is 6.06. The minimum Gasteiger partial charge on any atom is -0.481 e. The number of aryl methyl sites for hydroxylation is 1. The number of carboxylic acids is 1. The van der Waals surface area contributed by atoms with Gasteiger partial charge in [0.05, 0.1) is 17.7 Å². The first kappa shape index (κ1) is 18.9. The number of urea groups is 1. The summed E-state index contributed by atoms with van der Waals surface area (Å²) in [6, 6.07) is 13.0. The van der Waals surface area contributed by atoms with E-state index in [0.29, 0.717) is 25.7 Å². The minimum atomic E-state index is -0.743. The number of benzene rings is 1. The van der Waals surface area contributed by atoms with E-state index in [4.69, 9.17) is 5.11 Å². The Morgan fingerprint density at radius 1 is 1.07 bits per heavy atom. The summed E-state index contributed by atoms with van der Waals surface area (Å²) in [6.45, 7) is 2.02. The van der Waals surface area contributed by atoms with E-state index in [1.165, 1.54) is 0 Å². The molecule has 1 fully saturated rings. The molecule has 2 amide bonds. The normalized spacial score (nSPS) is 20.5. The molecule has 0 radical (unpaired) electrons.